The lowest BCUT2D eigenvalue weighted by Crippen LogP contribution is -2.06. The third-order valence-corrected chi connectivity index (χ3v) is 2.69. The third-order valence-electron chi connectivity index (χ3n) is 2.69. The van der Waals surface area contributed by atoms with Crippen LogP contribution in [-0.2, 0) is 20.0 Å². The predicted octanol–water partition coefficient (Wildman–Crippen LogP) is 1.76. The summed E-state index contributed by atoms with van der Waals surface area (Å²) in [4.78, 5) is 4.15. The van der Waals surface area contributed by atoms with Crippen LogP contribution in [0, 0.1) is 18.3 Å². The highest BCUT2D eigenvalue weighted by Crippen LogP contribution is 2.18. The Morgan fingerprint density at radius 3 is 2.94 bits per heavy atom. The number of rotatable bonds is 4. The van der Waals surface area contributed by atoms with Gasteiger partial charge in [-0.2, -0.15) is 10.4 Å². The van der Waals surface area contributed by atoms with Gasteiger partial charge in [0.15, 0.2) is 0 Å². The van der Waals surface area contributed by atoms with Crippen LogP contribution in [0.1, 0.15) is 29.8 Å². The summed E-state index contributed by atoms with van der Waals surface area (Å²) in [7, 11) is 1.79. The maximum atomic E-state index is 9.07. The highest BCUT2D eigenvalue weighted by molar-refractivity contribution is 5.54. The third kappa shape index (κ3) is 2.20. The van der Waals surface area contributed by atoms with Crippen molar-refractivity contribution in [2.75, 3.05) is 5.32 Å². The molecule has 94 valence electrons. The molecule has 18 heavy (non-hydrogen) atoms. The average Bonchev–Trinajstić information content (AvgIpc) is 2.91. The molecule has 0 aliphatic rings. The molecule has 0 amide bonds. The van der Waals surface area contributed by atoms with Gasteiger partial charge in [0, 0.05) is 13.5 Å². The number of nitrogens with one attached hydrogen (secondary N) is 1. The van der Waals surface area contributed by atoms with Crippen LogP contribution >= 0.6 is 0 Å². The molecule has 0 atom stereocenters. The van der Waals surface area contributed by atoms with Crippen molar-refractivity contribution < 1.29 is 4.42 Å². The Morgan fingerprint density at radius 2 is 2.33 bits per heavy atom. The molecular formula is C12H15N5O. The van der Waals surface area contributed by atoms with Gasteiger partial charge in [0.25, 0.3) is 0 Å². The van der Waals surface area contributed by atoms with Gasteiger partial charge in [-0.15, -0.1) is 0 Å². The molecule has 2 aromatic rings. The lowest BCUT2D eigenvalue weighted by atomic mass is 10.2. The summed E-state index contributed by atoms with van der Waals surface area (Å²) >= 11 is 0. The van der Waals surface area contributed by atoms with Gasteiger partial charge in [0.05, 0.1) is 18.4 Å². The zero-order valence-corrected chi connectivity index (χ0v) is 10.7. The minimum absolute atomic E-state index is 0.438. The molecule has 0 saturated heterocycles. The summed E-state index contributed by atoms with van der Waals surface area (Å²) in [5, 5.41) is 16.4. The minimum atomic E-state index is 0.438. The molecule has 0 aliphatic heterocycles. The largest absolute Gasteiger partial charge is 0.444 e. The zero-order valence-electron chi connectivity index (χ0n) is 10.7. The summed E-state index contributed by atoms with van der Waals surface area (Å²) in [5.74, 6) is 2.15. The van der Waals surface area contributed by atoms with Crippen molar-refractivity contribution >= 4 is 5.82 Å². The molecule has 2 aromatic heterocycles. The van der Waals surface area contributed by atoms with Crippen molar-refractivity contribution in [1.82, 2.24) is 14.8 Å². The number of hydrogen-bond donors (Lipinski definition) is 1. The van der Waals surface area contributed by atoms with Gasteiger partial charge in [-0.3, -0.25) is 4.68 Å². The Kier molecular flexibility index (Phi) is 3.33. The maximum Gasteiger partial charge on any atom is 0.213 e. The number of hydrogen-bond acceptors (Lipinski definition) is 5. The first-order valence-corrected chi connectivity index (χ1v) is 5.76. The van der Waals surface area contributed by atoms with Gasteiger partial charge in [0.2, 0.25) is 5.89 Å². The van der Waals surface area contributed by atoms with E-state index < -0.39 is 0 Å². The van der Waals surface area contributed by atoms with Crippen LogP contribution in [0.3, 0.4) is 0 Å². The Labute approximate surface area is 105 Å². The summed E-state index contributed by atoms with van der Waals surface area (Å²) in [5.41, 5.74) is 1.27. The second kappa shape index (κ2) is 4.92. The second-order valence-corrected chi connectivity index (χ2v) is 3.97. The maximum absolute atomic E-state index is 9.07. The van der Waals surface area contributed by atoms with Crippen molar-refractivity contribution in [1.29, 1.82) is 5.26 Å². The molecule has 1 N–H and O–H groups in total. The Hall–Kier alpha value is -2.29. The highest BCUT2D eigenvalue weighted by Gasteiger charge is 2.13. The van der Waals surface area contributed by atoms with Crippen LogP contribution in [0.2, 0.25) is 0 Å². The van der Waals surface area contributed by atoms with E-state index >= 15 is 0 Å². The van der Waals surface area contributed by atoms with E-state index in [1.54, 1.807) is 17.9 Å². The van der Waals surface area contributed by atoms with E-state index in [4.69, 9.17) is 9.68 Å². The van der Waals surface area contributed by atoms with E-state index in [-0.39, 0.29) is 0 Å². The van der Waals surface area contributed by atoms with Gasteiger partial charge < -0.3 is 9.73 Å². The molecule has 0 spiro atoms. The van der Waals surface area contributed by atoms with E-state index in [0.717, 1.165) is 12.2 Å². The first-order valence-electron chi connectivity index (χ1n) is 5.76. The SMILES string of the molecule is CCc1cnc(CNc2c(C#N)c(C)nn2C)o1. The van der Waals surface area contributed by atoms with Crippen molar-refractivity contribution in [3.05, 3.63) is 29.1 Å². The van der Waals surface area contributed by atoms with Crippen LogP contribution in [0.5, 0.6) is 0 Å². The lowest BCUT2D eigenvalue weighted by molar-refractivity contribution is 0.465. The quantitative estimate of drug-likeness (QED) is 0.887. The van der Waals surface area contributed by atoms with Crippen LogP contribution < -0.4 is 5.32 Å². The van der Waals surface area contributed by atoms with Gasteiger partial charge in [-0.05, 0) is 6.92 Å². The van der Waals surface area contributed by atoms with Gasteiger partial charge in [-0.1, -0.05) is 6.92 Å². The molecule has 6 heteroatoms. The molecule has 0 saturated carbocycles. The fourth-order valence-electron chi connectivity index (χ4n) is 1.75. The second-order valence-electron chi connectivity index (χ2n) is 3.97. The number of aryl methyl sites for hydroxylation is 3. The predicted molar refractivity (Wildman–Crippen MR) is 65.9 cm³/mol. The van der Waals surface area contributed by atoms with Crippen LogP contribution in [0.4, 0.5) is 5.82 Å². The van der Waals surface area contributed by atoms with E-state index in [2.05, 4.69) is 21.5 Å². The molecule has 2 rings (SSSR count). The van der Waals surface area contributed by atoms with Gasteiger partial charge in [-0.25, -0.2) is 4.98 Å². The fraction of sp³-hybridized carbons (Fsp3) is 0.417. The van der Waals surface area contributed by atoms with Crippen LogP contribution in [0.25, 0.3) is 0 Å². The van der Waals surface area contributed by atoms with E-state index in [9.17, 15) is 0 Å². The molecule has 6 nitrogen and oxygen atoms in total. The summed E-state index contributed by atoms with van der Waals surface area (Å²) in [6.45, 7) is 4.26. The summed E-state index contributed by atoms with van der Waals surface area (Å²) in [6, 6.07) is 2.14. The lowest BCUT2D eigenvalue weighted by Gasteiger charge is -2.04. The Bertz CT molecular complexity index is 590. The topological polar surface area (TPSA) is 79.7 Å². The Balaban J connectivity index is 2.13. The van der Waals surface area contributed by atoms with Crippen molar-refractivity contribution in [2.24, 2.45) is 7.05 Å². The molecule has 0 fully saturated rings. The standard InChI is InChI=1S/C12H15N5O/c1-4-9-6-14-11(18-9)7-15-12-10(5-13)8(2)16-17(12)3/h6,15H,4,7H2,1-3H3. The number of aromatic nitrogens is 3. The van der Waals surface area contributed by atoms with Crippen molar-refractivity contribution in [3.8, 4) is 6.07 Å². The first kappa shape index (κ1) is 12.2. The summed E-state index contributed by atoms with van der Waals surface area (Å²) in [6.07, 6.45) is 2.54. The molecule has 0 bridgehead atoms. The van der Waals surface area contributed by atoms with Gasteiger partial charge in [0.1, 0.15) is 23.2 Å². The number of oxazole rings is 1. The Morgan fingerprint density at radius 1 is 1.56 bits per heavy atom. The molecule has 0 aliphatic carbocycles. The number of nitriles is 1. The van der Waals surface area contributed by atoms with Crippen LogP contribution in [-0.4, -0.2) is 14.8 Å². The molecular weight excluding hydrogens is 230 g/mol. The molecule has 0 radical (unpaired) electrons. The van der Waals surface area contributed by atoms with E-state index in [0.29, 0.717) is 29.5 Å². The smallest absolute Gasteiger partial charge is 0.213 e. The minimum Gasteiger partial charge on any atom is -0.444 e. The monoisotopic (exact) mass is 245 g/mol. The van der Waals surface area contributed by atoms with Crippen molar-refractivity contribution in [3.63, 3.8) is 0 Å². The highest BCUT2D eigenvalue weighted by atomic mass is 16.4. The van der Waals surface area contributed by atoms with Crippen LogP contribution in [0.15, 0.2) is 10.6 Å². The average molecular weight is 245 g/mol. The normalized spacial score (nSPS) is 10.3. The van der Waals surface area contributed by atoms with E-state index in [1.165, 1.54) is 0 Å². The summed E-state index contributed by atoms with van der Waals surface area (Å²) < 4.78 is 7.14. The molecule has 0 unspecified atom stereocenters. The fourth-order valence-corrected chi connectivity index (χ4v) is 1.75. The zero-order chi connectivity index (χ0) is 13.1. The number of anilines is 1. The number of nitrogens with zero attached hydrogens (tertiary/aromatic N) is 4. The first-order chi connectivity index (χ1) is 8.65. The van der Waals surface area contributed by atoms with E-state index in [1.807, 2.05) is 13.8 Å². The molecule has 2 heterocycles. The van der Waals surface area contributed by atoms with Gasteiger partial charge >= 0.3 is 0 Å². The molecule has 0 aromatic carbocycles. The van der Waals surface area contributed by atoms with Crippen molar-refractivity contribution in [2.45, 2.75) is 26.8 Å².